The summed E-state index contributed by atoms with van der Waals surface area (Å²) in [5.74, 6) is 0.436. The van der Waals surface area contributed by atoms with Gasteiger partial charge in [0.25, 0.3) is 6.01 Å². The quantitative estimate of drug-likeness (QED) is 0.670. The highest BCUT2D eigenvalue weighted by atomic mass is 16.4. The highest BCUT2D eigenvalue weighted by Gasteiger charge is 2.30. The van der Waals surface area contributed by atoms with Gasteiger partial charge in [-0.3, -0.25) is 9.48 Å². The number of carbonyl (C=O) groups excluding carboxylic acids is 1. The molecule has 3 aromatic rings. The number of aliphatic hydroxyl groups excluding tert-OH is 1. The molecular weight excluding hydrogens is 396 g/mol. The smallest absolute Gasteiger partial charge is 0.299 e. The summed E-state index contributed by atoms with van der Waals surface area (Å²) >= 11 is 0. The molecule has 9 heteroatoms. The van der Waals surface area contributed by atoms with Crippen molar-refractivity contribution in [2.24, 2.45) is 5.92 Å². The largest absolute Gasteiger partial charge is 0.422 e. The second kappa shape index (κ2) is 8.30. The summed E-state index contributed by atoms with van der Waals surface area (Å²) in [6, 6.07) is 4.30. The molecule has 31 heavy (non-hydrogen) atoms. The number of rotatable bonds is 5. The Labute approximate surface area is 180 Å². The van der Waals surface area contributed by atoms with E-state index in [2.05, 4.69) is 20.0 Å². The molecule has 0 aromatic carbocycles. The summed E-state index contributed by atoms with van der Waals surface area (Å²) in [7, 11) is 0. The SMILES string of the molecule is CCn1nc(CO)c2c1CCN(C(=O)CC1CCCN(c3nc4ncccc4o3)C1)C2. The number of piperidine rings is 1. The third kappa shape index (κ3) is 3.78. The summed E-state index contributed by atoms with van der Waals surface area (Å²) < 4.78 is 7.83. The van der Waals surface area contributed by atoms with Gasteiger partial charge in [-0.25, -0.2) is 4.98 Å². The predicted molar refractivity (Wildman–Crippen MR) is 114 cm³/mol. The van der Waals surface area contributed by atoms with Crippen LogP contribution in [0.5, 0.6) is 0 Å². The van der Waals surface area contributed by atoms with Gasteiger partial charge in [0.2, 0.25) is 11.6 Å². The van der Waals surface area contributed by atoms with E-state index < -0.39 is 0 Å². The minimum Gasteiger partial charge on any atom is -0.422 e. The van der Waals surface area contributed by atoms with Gasteiger partial charge in [0, 0.05) is 63.0 Å². The van der Waals surface area contributed by atoms with Crippen LogP contribution in [0.2, 0.25) is 0 Å². The Balaban J connectivity index is 1.25. The van der Waals surface area contributed by atoms with Crippen LogP contribution in [0.3, 0.4) is 0 Å². The molecule has 1 fully saturated rings. The standard InChI is InChI=1S/C22H28N6O3/c1-2-28-18-7-10-26(13-16(18)17(14-29)25-28)20(30)11-15-5-4-9-27(12-15)22-24-21-19(31-22)6-3-8-23-21/h3,6,8,15,29H,2,4-5,7,9-14H2,1H3. The summed E-state index contributed by atoms with van der Waals surface area (Å²) in [6.45, 7) is 5.61. The number of amides is 1. The van der Waals surface area contributed by atoms with Gasteiger partial charge >= 0.3 is 0 Å². The maximum absolute atomic E-state index is 13.1. The Morgan fingerprint density at radius 3 is 3.06 bits per heavy atom. The third-order valence-corrected chi connectivity index (χ3v) is 6.43. The van der Waals surface area contributed by atoms with Crippen molar-refractivity contribution >= 4 is 23.2 Å². The lowest BCUT2D eigenvalue weighted by Gasteiger charge is -2.33. The van der Waals surface area contributed by atoms with Crippen molar-refractivity contribution in [2.45, 2.75) is 52.3 Å². The number of nitrogens with zero attached hydrogens (tertiary/aromatic N) is 6. The molecule has 1 N–H and O–H groups in total. The van der Waals surface area contributed by atoms with Gasteiger partial charge < -0.3 is 19.3 Å². The van der Waals surface area contributed by atoms with E-state index in [1.807, 2.05) is 28.6 Å². The van der Waals surface area contributed by atoms with Gasteiger partial charge in [-0.1, -0.05) is 0 Å². The van der Waals surface area contributed by atoms with Gasteiger partial charge in [-0.2, -0.15) is 10.1 Å². The van der Waals surface area contributed by atoms with Gasteiger partial charge in [-0.05, 0) is 37.8 Å². The number of hydrogen-bond acceptors (Lipinski definition) is 7. The fraction of sp³-hybridized carbons (Fsp3) is 0.545. The fourth-order valence-electron chi connectivity index (χ4n) is 4.84. The van der Waals surface area contributed by atoms with E-state index in [4.69, 9.17) is 4.42 Å². The highest BCUT2D eigenvalue weighted by molar-refractivity contribution is 5.77. The van der Waals surface area contributed by atoms with Crippen molar-refractivity contribution in [1.29, 1.82) is 0 Å². The number of pyridine rings is 1. The van der Waals surface area contributed by atoms with Crippen LogP contribution in [-0.4, -0.2) is 55.3 Å². The number of hydrogen-bond donors (Lipinski definition) is 1. The lowest BCUT2D eigenvalue weighted by molar-refractivity contribution is -0.133. The molecule has 0 aliphatic carbocycles. The Morgan fingerprint density at radius 1 is 1.35 bits per heavy atom. The van der Waals surface area contributed by atoms with Gasteiger partial charge in [-0.15, -0.1) is 0 Å². The minimum atomic E-state index is -0.0890. The molecule has 2 aliphatic heterocycles. The third-order valence-electron chi connectivity index (χ3n) is 6.43. The Morgan fingerprint density at radius 2 is 2.26 bits per heavy atom. The molecule has 2 aliphatic rings. The molecule has 1 unspecified atom stereocenters. The lowest BCUT2D eigenvalue weighted by atomic mass is 9.94. The van der Waals surface area contributed by atoms with Crippen LogP contribution in [-0.2, 0) is 30.9 Å². The predicted octanol–water partition coefficient (Wildman–Crippen LogP) is 2.12. The molecule has 3 aromatic heterocycles. The van der Waals surface area contributed by atoms with Crippen LogP contribution in [0.4, 0.5) is 6.01 Å². The van der Waals surface area contributed by atoms with E-state index >= 15 is 0 Å². The van der Waals surface area contributed by atoms with E-state index in [-0.39, 0.29) is 18.4 Å². The van der Waals surface area contributed by atoms with Gasteiger partial charge in [0.05, 0.1) is 12.3 Å². The summed E-state index contributed by atoms with van der Waals surface area (Å²) in [6.07, 6.45) is 5.04. The van der Waals surface area contributed by atoms with E-state index in [0.29, 0.717) is 42.4 Å². The van der Waals surface area contributed by atoms with Crippen molar-refractivity contribution in [2.75, 3.05) is 24.5 Å². The van der Waals surface area contributed by atoms with Crippen LogP contribution < -0.4 is 4.90 Å². The molecular formula is C22H28N6O3. The van der Waals surface area contributed by atoms with Crippen molar-refractivity contribution in [3.8, 4) is 0 Å². The second-order valence-corrected chi connectivity index (χ2v) is 8.39. The fourth-order valence-corrected chi connectivity index (χ4v) is 4.84. The van der Waals surface area contributed by atoms with E-state index in [1.165, 1.54) is 0 Å². The molecule has 1 saturated heterocycles. The first-order valence-electron chi connectivity index (χ1n) is 11.1. The van der Waals surface area contributed by atoms with Crippen molar-refractivity contribution in [3.05, 3.63) is 35.3 Å². The average molecular weight is 425 g/mol. The topological polar surface area (TPSA) is 101 Å². The molecule has 1 amide bonds. The molecule has 0 saturated carbocycles. The first-order valence-corrected chi connectivity index (χ1v) is 11.1. The van der Waals surface area contributed by atoms with Gasteiger partial charge in [0.15, 0.2) is 5.58 Å². The molecule has 0 spiro atoms. The first-order chi connectivity index (χ1) is 15.2. The molecule has 1 atom stereocenters. The number of oxazole rings is 1. The highest BCUT2D eigenvalue weighted by Crippen LogP contribution is 2.29. The number of aromatic nitrogens is 4. The van der Waals surface area contributed by atoms with Crippen molar-refractivity contribution in [1.82, 2.24) is 24.6 Å². The number of fused-ring (bicyclic) bond motifs is 2. The zero-order valence-corrected chi connectivity index (χ0v) is 17.8. The molecule has 9 nitrogen and oxygen atoms in total. The lowest BCUT2D eigenvalue weighted by Crippen LogP contribution is -2.41. The number of anilines is 1. The van der Waals surface area contributed by atoms with Crippen molar-refractivity contribution in [3.63, 3.8) is 0 Å². The van der Waals surface area contributed by atoms with Crippen LogP contribution in [0, 0.1) is 5.92 Å². The van der Waals surface area contributed by atoms with Gasteiger partial charge in [0.1, 0.15) is 0 Å². The van der Waals surface area contributed by atoms with Crippen LogP contribution in [0.15, 0.2) is 22.7 Å². The molecule has 0 bridgehead atoms. The summed E-state index contributed by atoms with van der Waals surface area (Å²) in [4.78, 5) is 25.9. The monoisotopic (exact) mass is 424 g/mol. The normalized spacial score (nSPS) is 19.1. The molecule has 5 rings (SSSR count). The van der Waals surface area contributed by atoms with Crippen molar-refractivity contribution < 1.29 is 14.3 Å². The maximum atomic E-state index is 13.1. The maximum Gasteiger partial charge on any atom is 0.299 e. The number of carbonyl (C=O) groups is 1. The Hall–Kier alpha value is -2.94. The first kappa shape index (κ1) is 20.0. The van der Waals surface area contributed by atoms with E-state index in [1.54, 1.807) is 6.20 Å². The number of aryl methyl sites for hydroxylation is 1. The summed E-state index contributed by atoms with van der Waals surface area (Å²) in [5, 5.41) is 14.2. The number of aliphatic hydroxyl groups is 1. The van der Waals surface area contributed by atoms with E-state index in [9.17, 15) is 9.90 Å². The second-order valence-electron chi connectivity index (χ2n) is 8.39. The average Bonchev–Trinajstić information content (AvgIpc) is 3.40. The molecule has 0 radical (unpaired) electrons. The zero-order valence-electron chi connectivity index (χ0n) is 17.8. The van der Waals surface area contributed by atoms with Crippen LogP contribution in [0.1, 0.15) is 43.1 Å². The van der Waals surface area contributed by atoms with Crippen LogP contribution in [0.25, 0.3) is 11.2 Å². The Kier molecular flexibility index (Phi) is 5.35. The van der Waals surface area contributed by atoms with Crippen LogP contribution >= 0.6 is 0 Å². The van der Waals surface area contributed by atoms with E-state index in [0.717, 1.165) is 50.2 Å². The summed E-state index contributed by atoms with van der Waals surface area (Å²) in [5.41, 5.74) is 4.18. The molecule has 5 heterocycles. The zero-order chi connectivity index (χ0) is 21.4. The molecule has 164 valence electrons. The minimum absolute atomic E-state index is 0.0890. The Bertz CT molecular complexity index is 1060.